The van der Waals surface area contributed by atoms with Crippen LogP contribution in [0.3, 0.4) is 0 Å². The topological polar surface area (TPSA) is 56.1 Å². The monoisotopic (exact) mass is 263 g/mol. The second-order valence-corrected chi connectivity index (χ2v) is 6.01. The van der Waals surface area contributed by atoms with Crippen LogP contribution in [0, 0.1) is 6.92 Å². The van der Waals surface area contributed by atoms with Gasteiger partial charge in [-0.05, 0) is 19.1 Å². The van der Waals surface area contributed by atoms with Crippen LogP contribution < -0.4 is 0 Å². The van der Waals surface area contributed by atoms with Gasteiger partial charge in [-0.2, -0.15) is 0 Å². The van der Waals surface area contributed by atoms with Crippen molar-refractivity contribution in [1.82, 2.24) is 3.97 Å². The maximum atomic E-state index is 12.2. The van der Waals surface area contributed by atoms with E-state index in [1.807, 2.05) is 19.1 Å². The lowest BCUT2D eigenvalue weighted by Crippen LogP contribution is -2.16. The molecule has 0 saturated carbocycles. The molecule has 2 aromatic rings. The predicted octanol–water partition coefficient (Wildman–Crippen LogP) is 1.84. The number of carbonyl (C=O) groups is 1. The first-order valence-corrected chi connectivity index (χ1v) is 7.24. The minimum absolute atomic E-state index is 0.154. The van der Waals surface area contributed by atoms with Crippen LogP contribution in [-0.2, 0) is 10.0 Å². The number of hydrogen-bond donors (Lipinski definition) is 0. The molecular formula is C13H13NO3S. The van der Waals surface area contributed by atoms with Gasteiger partial charge in [-0.1, -0.05) is 29.8 Å². The summed E-state index contributed by atoms with van der Waals surface area (Å²) in [6, 6.07) is 10.1. The largest absolute Gasteiger partial charge is 0.287 e. The summed E-state index contributed by atoms with van der Waals surface area (Å²) in [7, 11) is -3.46. The number of nitrogens with zero attached hydrogens (tertiary/aromatic N) is 1. The number of aryl methyl sites for hydroxylation is 1. The van der Waals surface area contributed by atoms with Crippen LogP contribution in [0.4, 0.5) is 0 Å². The maximum Gasteiger partial charge on any atom is 0.236 e. The Morgan fingerprint density at radius 2 is 1.72 bits per heavy atom. The summed E-state index contributed by atoms with van der Waals surface area (Å²) in [4.78, 5) is 12.2. The van der Waals surface area contributed by atoms with Crippen LogP contribution in [0.2, 0.25) is 0 Å². The van der Waals surface area contributed by atoms with E-state index in [4.69, 9.17) is 0 Å². The van der Waals surface area contributed by atoms with Crippen LogP contribution in [0.1, 0.15) is 21.6 Å². The standard InChI is InChI=1S/C13H13NO3S/c1-10-5-7-11(8-6-10)13(15)12-4-3-9-14(12)18(2,16)17/h3-9H,1-2H3. The molecule has 0 fully saturated rings. The van der Waals surface area contributed by atoms with Crippen LogP contribution in [-0.4, -0.2) is 24.4 Å². The van der Waals surface area contributed by atoms with E-state index < -0.39 is 10.0 Å². The van der Waals surface area contributed by atoms with Crippen molar-refractivity contribution in [3.8, 4) is 0 Å². The number of carbonyl (C=O) groups excluding carboxylic acids is 1. The molecule has 1 aromatic heterocycles. The highest BCUT2D eigenvalue weighted by atomic mass is 32.2. The van der Waals surface area contributed by atoms with Gasteiger partial charge in [-0.3, -0.25) is 4.79 Å². The highest BCUT2D eigenvalue weighted by molar-refractivity contribution is 7.89. The van der Waals surface area contributed by atoms with E-state index in [-0.39, 0.29) is 11.5 Å². The summed E-state index contributed by atoms with van der Waals surface area (Å²) >= 11 is 0. The summed E-state index contributed by atoms with van der Waals surface area (Å²) < 4.78 is 24.0. The SMILES string of the molecule is Cc1ccc(C(=O)c2cccn2S(C)(=O)=O)cc1. The van der Waals surface area contributed by atoms with Crippen LogP contribution >= 0.6 is 0 Å². The molecule has 4 nitrogen and oxygen atoms in total. The lowest BCUT2D eigenvalue weighted by atomic mass is 10.1. The fraction of sp³-hybridized carbons (Fsp3) is 0.154. The first-order chi connectivity index (χ1) is 8.39. The normalized spacial score (nSPS) is 11.4. The van der Waals surface area contributed by atoms with Gasteiger partial charge < -0.3 is 0 Å². The fourth-order valence-electron chi connectivity index (χ4n) is 1.68. The Kier molecular flexibility index (Phi) is 3.09. The van der Waals surface area contributed by atoms with Crippen molar-refractivity contribution >= 4 is 15.8 Å². The van der Waals surface area contributed by atoms with Crippen LogP contribution in [0.5, 0.6) is 0 Å². The average Bonchev–Trinajstić information content (AvgIpc) is 2.77. The first-order valence-electron chi connectivity index (χ1n) is 5.39. The quantitative estimate of drug-likeness (QED) is 0.794. The van der Waals surface area contributed by atoms with Crippen molar-refractivity contribution in [3.05, 3.63) is 59.4 Å². The van der Waals surface area contributed by atoms with Gasteiger partial charge in [-0.15, -0.1) is 0 Å². The fourth-order valence-corrected chi connectivity index (χ4v) is 2.48. The Morgan fingerprint density at radius 3 is 2.28 bits per heavy atom. The van der Waals surface area contributed by atoms with E-state index >= 15 is 0 Å². The number of aromatic nitrogens is 1. The first kappa shape index (κ1) is 12.6. The third-order valence-electron chi connectivity index (χ3n) is 2.62. The average molecular weight is 263 g/mol. The molecule has 0 spiro atoms. The lowest BCUT2D eigenvalue weighted by molar-refractivity contribution is 0.103. The minimum Gasteiger partial charge on any atom is -0.287 e. The van der Waals surface area contributed by atoms with Gasteiger partial charge in [0.2, 0.25) is 15.8 Å². The Morgan fingerprint density at radius 1 is 1.11 bits per heavy atom. The van der Waals surface area contributed by atoms with E-state index in [1.165, 1.54) is 12.3 Å². The molecule has 0 radical (unpaired) electrons. The van der Waals surface area contributed by atoms with Gasteiger partial charge >= 0.3 is 0 Å². The third kappa shape index (κ3) is 2.36. The zero-order chi connectivity index (χ0) is 13.3. The molecule has 94 valence electrons. The van der Waals surface area contributed by atoms with E-state index in [2.05, 4.69) is 0 Å². The second kappa shape index (κ2) is 4.42. The summed E-state index contributed by atoms with van der Waals surface area (Å²) in [6.45, 7) is 1.92. The molecule has 0 bridgehead atoms. The van der Waals surface area contributed by atoms with Crippen molar-refractivity contribution in [2.75, 3.05) is 6.26 Å². The summed E-state index contributed by atoms with van der Waals surface area (Å²) in [5.74, 6) is -0.301. The molecule has 0 atom stereocenters. The van der Waals surface area contributed by atoms with Gasteiger partial charge in [0, 0.05) is 11.8 Å². The Bertz CT molecular complexity index is 681. The second-order valence-electron chi connectivity index (χ2n) is 4.15. The Labute approximate surface area is 106 Å². The summed E-state index contributed by atoms with van der Waals surface area (Å²) in [6.07, 6.45) is 2.44. The van der Waals surface area contributed by atoms with Crippen LogP contribution in [0.15, 0.2) is 42.6 Å². The maximum absolute atomic E-state index is 12.2. The van der Waals surface area contributed by atoms with Crippen molar-refractivity contribution in [1.29, 1.82) is 0 Å². The van der Waals surface area contributed by atoms with Gasteiger partial charge in [0.05, 0.1) is 6.26 Å². The molecule has 0 amide bonds. The van der Waals surface area contributed by atoms with Gasteiger partial charge in [0.1, 0.15) is 5.69 Å². The molecule has 2 rings (SSSR count). The number of ketones is 1. The molecule has 0 saturated heterocycles. The van der Waals surface area contributed by atoms with Crippen LogP contribution in [0.25, 0.3) is 0 Å². The Balaban J connectivity index is 2.47. The van der Waals surface area contributed by atoms with Gasteiger partial charge in [-0.25, -0.2) is 12.4 Å². The lowest BCUT2D eigenvalue weighted by Gasteiger charge is -2.06. The smallest absolute Gasteiger partial charge is 0.236 e. The molecule has 0 N–H and O–H groups in total. The van der Waals surface area contributed by atoms with Crippen molar-refractivity contribution in [2.45, 2.75) is 6.92 Å². The summed E-state index contributed by atoms with van der Waals surface area (Å²) in [5, 5.41) is 0. The molecule has 5 heteroatoms. The van der Waals surface area contributed by atoms with Crippen molar-refractivity contribution in [2.24, 2.45) is 0 Å². The van der Waals surface area contributed by atoms with E-state index in [9.17, 15) is 13.2 Å². The van der Waals surface area contributed by atoms with Crippen molar-refractivity contribution in [3.63, 3.8) is 0 Å². The number of benzene rings is 1. The Hall–Kier alpha value is -1.88. The summed E-state index contributed by atoms with van der Waals surface area (Å²) in [5.41, 5.74) is 1.68. The third-order valence-corrected chi connectivity index (χ3v) is 3.65. The van der Waals surface area contributed by atoms with Crippen molar-refractivity contribution < 1.29 is 13.2 Å². The minimum atomic E-state index is -3.46. The number of hydrogen-bond acceptors (Lipinski definition) is 3. The molecule has 18 heavy (non-hydrogen) atoms. The molecule has 0 aliphatic carbocycles. The van der Waals surface area contributed by atoms with E-state index in [0.29, 0.717) is 5.56 Å². The predicted molar refractivity (Wildman–Crippen MR) is 69.3 cm³/mol. The number of rotatable bonds is 3. The van der Waals surface area contributed by atoms with Gasteiger partial charge in [0.25, 0.3) is 0 Å². The van der Waals surface area contributed by atoms with E-state index in [0.717, 1.165) is 15.8 Å². The van der Waals surface area contributed by atoms with Gasteiger partial charge in [0.15, 0.2) is 0 Å². The molecule has 0 aliphatic rings. The molecule has 1 aromatic carbocycles. The zero-order valence-electron chi connectivity index (χ0n) is 10.1. The zero-order valence-corrected chi connectivity index (χ0v) is 10.9. The highest BCUT2D eigenvalue weighted by Gasteiger charge is 2.17. The molecular weight excluding hydrogens is 250 g/mol. The molecule has 0 aliphatic heterocycles. The molecule has 1 heterocycles. The van der Waals surface area contributed by atoms with E-state index in [1.54, 1.807) is 18.2 Å². The highest BCUT2D eigenvalue weighted by Crippen LogP contribution is 2.13. The molecule has 0 unspecified atom stereocenters.